The molecule has 0 saturated heterocycles. The van der Waals surface area contributed by atoms with Crippen LogP contribution in [0.4, 0.5) is 11.6 Å². The number of nitrogens with zero attached hydrogens (tertiary/aromatic N) is 5. The van der Waals surface area contributed by atoms with Crippen LogP contribution in [-0.2, 0) is 13.0 Å². The summed E-state index contributed by atoms with van der Waals surface area (Å²) in [6.07, 6.45) is 8.66. The number of aryl methyl sites for hydroxylation is 2. The second-order valence-electron chi connectivity index (χ2n) is 9.29. The molecule has 10 heteroatoms. The number of pyridine rings is 2. The van der Waals surface area contributed by atoms with E-state index in [1.165, 1.54) is 6.39 Å². The van der Waals surface area contributed by atoms with Gasteiger partial charge in [-0.2, -0.15) is 0 Å². The third-order valence-electron chi connectivity index (χ3n) is 6.58. The van der Waals surface area contributed by atoms with Crippen molar-refractivity contribution < 1.29 is 14.0 Å². The van der Waals surface area contributed by atoms with Crippen LogP contribution in [0.25, 0.3) is 22.5 Å². The molecule has 0 saturated carbocycles. The Bertz CT molecular complexity index is 1800. The Kier molecular flexibility index (Phi) is 7.26. The predicted octanol–water partition coefficient (Wildman–Crippen LogP) is 5.27. The number of aromatic nitrogens is 5. The molecule has 0 aliphatic carbocycles. The van der Waals surface area contributed by atoms with E-state index in [9.17, 15) is 9.59 Å². The molecule has 0 aliphatic rings. The normalized spacial score (nSPS) is 10.9. The fraction of sp³-hybridized carbons (Fsp3) is 0.0968. The Balaban J connectivity index is 1.26. The van der Waals surface area contributed by atoms with E-state index >= 15 is 0 Å². The number of benzene rings is 2. The number of imidazole rings is 1. The fourth-order valence-electron chi connectivity index (χ4n) is 4.48. The summed E-state index contributed by atoms with van der Waals surface area (Å²) >= 11 is 0. The Morgan fingerprint density at radius 3 is 2.59 bits per heavy atom. The maximum Gasteiger partial charge on any atom is 0.258 e. The topological polar surface area (TPSA) is 128 Å². The molecular formula is C31H25N7O3. The van der Waals surface area contributed by atoms with Crippen molar-refractivity contribution in [1.82, 2.24) is 24.5 Å². The Morgan fingerprint density at radius 2 is 1.78 bits per heavy atom. The highest BCUT2D eigenvalue weighted by molar-refractivity contribution is 6.04. The van der Waals surface area contributed by atoms with Gasteiger partial charge >= 0.3 is 0 Å². The van der Waals surface area contributed by atoms with Crippen molar-refractivity contribution >= 4 is 34.4 Å². The molecule has 2 aromatic carbocycles. The molecule has 4 aromatic heterocycles. The minimum Gasteiger partial charge on any atom is -0.442 e. The number of fused-ring (bicyclic) bond motifs is 1. The molecule has 1 amide bonds. The summed E-state index contributed by atoms with van der Waals surface area (Å²) in [5.41, 5.74) is 4.90. The van der Waals surface area contributed by atoms with Crippen LogP contribution >= 0.6 is 0 Å². The van der Waals surface area contributed by atoms with E-state index in [1.807, 2.05) is 59.3 Å². The second-order valence-corrected chi connectivity index (χ2v) is 9.29. The van der Waals surface area contributed by atoms with Crippen molar-refractivity contribution in [2.75, 3.05) is 17.2 Å². The Hall–Kier alpha value is -5.64. The first kappa shape index (κ1) is 25.6. The number of anilines is 2. The summed E-state index contributed by atoms with van der Waals surface area (Å²) < 4.78 is 7.29. The van der Waals surface area contributed by atoms with Gasteiger partial charge in [-0.3, -0.25) is 24.9 Å². The van der Waals surface area contributed by atoms with Crippen LogP contribution in [0.15, 0.2) is 108 Å². The Morgan fingerprint density at radius 1 is 0.878 bits per heavy atom. The summed E-state index contributed by atoms with van der Waals surface area (Å²) in [4.78, 5) is 43.0. The molecule has 10 nitrogen and oxygen atoms in total. The quantitative estimate of drug-likeness (QED) is 0.224. The van der Waals surface area contributed by atoms with Gasteiger partial charge in [0.05, 0.1) is 23.8 Å². The number of carbonyl (C=O) groups is 2. The molecular weight excluding hydrogens is 518 g/mol. The van der Waals surface area contributed by atoms with Crippen molar-refractivity contribution in [2.24, 2.45) is 0 Å². The van der Waals surface area contributed by atoms with E-state index in [2.05, 4.69) is 25.6 Å². The van der Waals surface area contributed by atoms with E-state index in [0.717, 1.165) is 16.8 Å². The lowest BCUT2D eigenvalue weighted by atomic mass is 10.1. The molecule has 202 valence electrons. The van der Waals surface area contributed by atoms with Gasteiger partial charge in [-0.1, -0.05) is 36.4 Å². The monoisotopic (exact) mass is 543 g/mol. The largest absolute Gasteiger partial charge is 0.442 e. The van der Waals surface area contributed by atoms with Crippen molar-refractivity contribution in [2.45, 2.75) is 13.0 Å². The third kappa shape index (κ3) is 5.86. The van der Waals surface area contributed by atoms with Crippen LogP contribution in [0.1, 0.15) is 26.3 Å². The molecule has 4 heterocycles. The van der Waals surface area contributed by atoms with Gasteiger partial charge in [0.2, 0.25) is 5.95 Å². The number of oxazole rings is 1. The van der Waals surface area contributed by atoms with Gasteiger partial charge in [0.1, 0.15) is 5.69 Å². The first-order valence-electron chi connectivity index (χ1n) is 13.0. The zero-order chi connectivity index (χ0) is 28.0. The lowest BCUT2D eigenvalue weighted by Gasteiger charge is -2.11. The van der Waals surface area contributed by atoms with Gasteiger partial charge in [-0.15, -0.1) is 0 Å². The maximum absolute atomic E-state index is 13.3. The van der Waals surface area contributed by atoms with Gasteiger partial charge in [-0.05, 0) is 48.4 Å². The van der Waals surface area contributed by atoms with Crippen molar-refractivity contribution in [3.05, 3.63) is 121 Å². The molecule has 0 bridgehead atoms. The van der Waals surface area contributed by atoms with Crippen LogP contribution < -0.4 is 10.6 Å². The molecule has 0 atom stereocenters. The SMILES string of the molecule is O=C(CNc1ccc2c(c1)nc(NC(=O)c1ccnc(-c3cnco3)c1)n2CCc1cccnc1)c1ccccc1. The van der Waals surface area contributed by atoms with Crippen LogP contribution in [0.2, 0.25) is 0 Å². The molecule has 2 N–H and O–H groups in total. The van der Waals surface area contributed by atoms with Crippen LogP contribution in [0.3, 0.4) is 0 Å². The highest BCUT2D eigenvalue weighted by Crippen LogP contribution is 2.25. The van der Waals surface area contributed by atoms with Crippen molar-refractivity contribution in [3.8, 4) is 11.5 Å². The molecule has 0 spiro atoms. The summed E-state index contributed by atoms with van der Waals surface area (Å²) in [6.45, 7) is 0.715. The van der Waals surface area contributed by atoms with E-state index in [0.29, 0.717) is 47.0 Å². The van der Waals surface area contributed by atoms with E-state index in [-0.39, 0.29) is 18.2 Å². The highest BCUT2D eigenvalue weighted by atomic mass is 16.3. The molecule has 6 aromatic rings. The smallest absolute Gasteiger partial charge is 0.258 e. The van der Waals surface area contributed by atoms with Gasteiger partial charge in [-0.25, -0.2) is 9.97 Å². The molecule has 0 fully saturated rings. The number of hydrogen-bond acceptors (Lipinski definition) is 8. The summed E-state index contributed by atoms with van der Waals surface area (Å²) in [5, 5.41) is 6.16. The van der Waals surface area contributed by atoms with Gasteiger partial charge < -0.3 is 14.3 Å². The number of amides is 1. The van der Waals surface area contributed by atoms with Crippen molar-refractivity contribution in [3.63, 3.8) is 0 Å². The van der Waals surface area contributed by atoms with Gasteiger partial charge in [0.25, 0.3) is 5.91 Å². The molecule has 0 unspecified atom stereocenters. The average molecular weight is 544 g/mol. The van der Waals surface area contributed by atoms with E-state index in [4.69, 9.17) is 9.40 Å². The number of hydrogen-bond donors (Lipinski definition) is 2. The van der Waals surface area contributed by atoms with Crippen molar-refractivity contribution in [1.29, 1.82) is 0 Å². The zero-order valence-electron chi connectivity index (χ0n) is 21.9. The molecule has 41 heavy (non-hydrogen) atoms. The van der Waals surface area contributed by atoms with E-state index in [1.54, 1.807) is 42.9 Å². The lowest BCUT2D eigenvalue weighted by Crippen LogP contribution is -2.17. The first-order valence-corrected chi connectivity index (χ1v) is 13.0. The maximum atomic E-state index is 13.3. The van der Waals surface area contributed by atoms with Crippen LogP contribution in [0, 0.1) is 0 Å². The minimum atomic E-state index is -0.335. The molecule has 0 aliphatic heterocycles. The standard InChI is InChI=1S/C31H25N7O3/c39-28(22-6-2-1-3-7-22)18-35-24-8-9-27-25(16-24)36-31(38(27)14-11-21-5-4-12-32-17-21)37-30(40)23-10-13-34-26(15-23)29-19-33-20-41-29/h1-10,12-13,15-17,19-20,35H,11,14,18H2,(H,36,37,40). The second kappa shape index (κ2) is 11.6. The van der Waals surface area contributed by atoms with Crippen LogP contribution in [0.5, 0.6) is 0 Å². The van der Waals surface area contributed by atoms with E-state index < -0.39 is 0 Å². The Labute approximate surface area is 235 Å². The predicted molar refractivity (Wildman–Crippen MR) is 155 cm³/mol. The summed E-state index contributed by atoms with van der Waals surface area (Å²) in [7, 11) is 0. The number of ketones is 1. The van der Waals surface area contributed by atoms with Gasteiger partial charge in [0, 0.05) is 41.9 Å². The minimum absolute atomic E-state index is 0.0114. The summed E-state index contributed by atoms with van der Waals surface area (Å²) in [5.74, 6) is 0.527. The zero-order valence-corrected chi connectivity index (χ0v) is 21.9. The molecule has 6 rings (SSSR count). The molecule has 0 radical (unpaired) electrons. The lowest BCUT2D eigenvalue weighted by molar-refractivity contribution is 0.100. The van der Waals surface area contributed by atoms with Gasteiger partial charge in [0.15, 0.2) is 17.9 Å². The summed E-state index contributed by atoms with van der Waals surface area (Å²) in [6, 6.07) is 22.0. The number of rotatable bonds is 10. The first-order chi connectivity index (χ1) is 20.1. The average Bonchev–Trinajstić information content (AvgIpc) is 3.68. The van der Waals surface area contributed by atoms with Crippen LogP contribution in [-0.4, -0.2) is 42.7 Å². The number of carbonyl (C=O) groups excluding carboxylic acids is 2. The fourth-order valence-corrected chi connectivity index (χ4v) is 4.48. The highest BCUT2D eigenvalue weighted by Gasteiger charge is 2.17. The third-order valence-corrected chi connectivity index (χ3v) is 6.58. The number of nitrogens with one attached hydrogen (secondary N) is 2. The number of Topliss-reactive ketones (excluding diaryl/α,β-unsaturated/α-hetero) is 1.